The van der Waals surface area contributed by atoms with Crippen molar-refractivity contribution in [1.82, 2.24) is 0 Å². The Morgan fingerprint density at radius 2 is 1.95 bits per heavy atom. The standard InChI is InChI=1S/C11H12N2O7/c1-20-11(17)9(15)8(14)5-2-6(10(12)16)4-7(3-5)13(18)19/h2-4,8-9,14-15H,1H3,(H2,12,16). The van der Waals surface area contributed by atoms with Gasteiger partial charge in [0.05, 0.1) is 12.0 Å². The van der Waals surface area contributed by atoms with Gasteiger partial charge in [-0.05, 0) is 11.6 Å². The summed E-state index contributed by atoms with van der Waals surface area (Å²) in [7, 11) is 1.00. The van der Waals surface area contributed by atoms with Crippen molar-refractivity contribution < 1.29 is 29.5 Å². The Hall–Kier alpha value is -2.52. The highest BCUT2D eigenvalue weighted by Gasteiger charge is 2.28. The lowest BCUT2D eigenvalue weighted by molar-refractivity contribution is -0.385. The average Bonchev–Trinajstić information content (AvgIpc) is 2.44. The number of hydrogen-bond donors (Lipinski definition) is 3. The lowest BCUT2D eigenvalue weighted by Crippen LogP contribution is -2.29. The topological polar surface area (TPSA) is 153 Å². The maximum atomic E-state index is 11.1. The van der Waals surface area contributed by atoms with Gasteiger partial charge in [0, 0.05) is 17.7 Å². The van der Waals surface area contributed by atoms with E-state index in [0.29, 0.717) is 0 Å². The van der Waals surface area contributed by atoms with Gasteiger partial charge in [0.1, 0.15) is 6.10 Å². The summed E-state index contributed by atoms with van der Waals surface area (Å²) < 4.78 is 4.24. The number of methoxy groups -OCH3 is 1. The summed E-state index contributed by atoms with van der Waals surface area (Å²) in [5.74, 6) is -2.07. The van der Waals surface area contributed by atoms with Crippen LogP contribution in [-0.4, -0.2) is 40.2 Å². The third-order valence-corrected chi connectivity index (χ3v) is 2.52. The first-order chi connectivity index (χ1) is 9.27. The van der Waals surface area contributed by atoms with Crippen molar-refractivity contribution >= 4 is 17.6 Å². The molecule has 0 saturated carbocycles. The summed E-state index contributed by atoms with van der Waals surface area (Å²) >= 11 is 0. The van der Waals surface area contributed by atoms with E-state index in [1.165, 1.54) is 0 Å². The molecule has 108 valence electrons. The molecular formula is C11H12N2O7. The number of amides is 1. The van der Waals surface area contributed by atoms with Gasteiger partial charge in [0.2, 0.25) is 5.91 Å². The number of nitrogens with zero attached hydrogens (tertiary/aromatic N) is 1. The molecule has 20 heavy (non-hydrogen) atoms. The smallest absolute Gasteiger partial charge is 0.337 e. The Labute approximate surface area is 112 Å². The molecule has 0 aliphatic rings. The quantitative estimate of drug-likeness (QED) is 0.365. The zero-order valence-electron chi connectivity index (χ0n) is 10.3. The van der Waals surface area contributed by atoms with Crippen LogP contribution in [-0.2, 0) is 9.53 Å². The van der Waals surface area contributed by atoms with Crippen molar-refractivity contribution in [2.45, 2.75) is 12.2 Å². The van der Waals surface area contributed by atoms with E-state index in [0.717, 1.165) is 25.3 Å². The zero-order chi connectivity index (χ0) is 15.4. The minimum Gasteiger partial charge on any atom is -0.467 e. The van der Waals surface area contributed by atoms with Gasteiger partial charge in [-0.25, -0.2) is 4.79 Å². The van der Waals surface area contributed by atoms with E-state index in [-0.39, 0.29) is 11.1 Å². The predicted octanol–water partition coefficient (Wildman–Crippen LogP) is -0.739. The summed E-state index contributed by atoms with van der Waals surface area (Å²) in [5, 5.41) is 30.0. The number of aliphatic hydroxyl groups is 2. The molecule has 2 unspecified atom stereocenters. The SMILES string of the molecule is COC(=O)C(O)C(O)c1cc(C(N)=O)cc([N+](=O)[O-])c1. The number of nitrogens with two attached hydrogens (primary N) is 1. The maximum Gasteiger partial charge on any atom is 0.337 e. The van der Waals surface area contributed by atoms with Crippen LogP contribution in [0.4, 0.5) is 5.69 Å². The Kier molecular flexibility index (Phi) is 4.73. The van der Waals surface area contributed by atoms with Gasteiger partial charge in [0.25, 0.3) is 5.69 Å². The van der Waals surface area contributed by atoms with E-state index in [4.69, 9.17) is 5.73 Å². The van der Waals surface area contributed by atoms with E-state index < -0.39 is 34.7 Å². The summed E-state index contributed by atoms with van der Waals surface area (Å²) in [5.41, 5.74) is 4.08. The van der Waals surface area contributed by atoms with E-state index in [1.54, 1.807) is 0 Å². The number of ether oxygens (including phenoxy) is 1. The van der Waals surface area contributed by atoms with Crippen LogP contribution in [0.5, 0.6) is 0 Å². The van der Waals surface area contributed by atoms with Gasteiger partial charge in [-0.15, -0.1) is 0 Å². The largest absolute Gasteiger partial charge is 0.467 e. The van der Waals surface area contributed by atoms with Gasteiger partial charge in [-0.1, -0.05) is 0 Å². The first kappa shape index (κ1) is 15.5. The molecule has 1 amide bonds. The second kappa shape index (κ2) is 6.08. The molecule has 0 radical (unpaired) electrons. The molecule has 0 heterocycles. The molecule has 0 bridgehead atoms. The summed E-state index contributed by atoms with van der Waals surface area (Å²) in [6, 6.07) is 2.89. The highest BCUT2D eigenvalue weighted by atomic mass is 16.6. The van der Waals surface area contributed by atoms with Crippen LogP contribution >= 0.6 is 0 Å². The number of nitro benzene ring substituents is 1. The third kappa shape index (κ3) is 3.28. The Morgan fingerprint density at radius 3 is 2.40 bits per heavy atom. The van der Waals surface area contributed by atoms with E-state index in [2.05, 4.69) is 4.74 Å². The molecule has 0 aliphatic heterocycles. The van der Waals surface area contributed by atoms with Crippen molar-refractivity contribution in [1.29, 1.82) is 0 Å². The number of aliphatic hydroxyl groups excluding tert-OH is 2. The number of carbonyl (C=O) groups excluding carboxylic acids is 2. The van der Waals surface area contributed by atoms with Crippen LogP contribution in [0, 0.1) is 10.1 Å². The summed E-state index contributed by atoms with van der Waals surface area (Å²) in [6.45, 7) is 0. The molecule has 0 saturated heterocycles. The minimum atomic E-state index is -1.94. The second-order valence-corrected chi connectivity index (χ2v) is 3.85. The fourth-order valence-electron chi connectivity index (χ4n) is 1.49. The van der Waals surface area contributed by atoms with Crippen molar-refractivity contribution in [2.75, 3.05) is 7.11 Å². The number of hydrogen-bond acceptors (Lipinski definition) is 7. The van der Waals surface area contributed by atoms with Gasteiger partial charge in [-0.3, -0.25) is 14.9 Å². The molecule has 1 aromatic rings. The number of non-ortho nitro benzene ring substituents is 1. The van der Waals surface area contributed by atoms with Crippen LogP contribution in [0.25, 0.3) is 0 Å². The third-order valence-electron chi connectivity index (χ3n) is 2.52. The molecule has 9 heteroatoms. The zero-order valence-corrected chi connectivity index (χ0v) is 10.3. The number of carbonyl (C=O) groups is 2. The monoisotopic (exact) mass is 284 g/mol. The van der Waals surface area contributed by atoms with Crippen molar-refractivity contribution in [3.63, 3.8) is 0 Å². The molecular weight excluding hydrogens is 272 g/mol. The van der Waals surface area contributed by atoms with Gasteiger partial charge >= 0.3 is 5.97 Å². The molecule has 0 spiro atoms. The highest BCUT2D eigenvalue weighted by Crippen LogP contribution is 2.24. The van der Waals surface area contributed by atoms with Crippen LogP contribution in [0.2, 0.25) is 0 Å². The molecule has 0 fully saturated rings. The minimum absolute atomic E-state index is 0.203. The fourth-order valence-corrected chi connectivity index (χ4v) is 1.49. The maximum absolute atomic E-state index is 11.1. The number of rotatable bonds is 5. The number of primary amides is 1. The van der Waals surface area contributed by atoms with Crippen LogP contribution in [0.1, 0.15) is 22.0 Å². The summed E-state index contributed by atoms with van der Waals surface area (Å²) in [6.07, 6.45) is -3.73. The number of benzene rings is 1. The number of nitro groups is 1. The van der Waals surface area contributed by atoms with Gasteiger partial charge in [-0.2, -0.15) is 0 Å². The molecule has 0 aliphatic carbocycles. The first-order valence-corrected chi connectivity index (χ1v) is 5.31. The van der Waals surface area contributed by atoms with Crippen molar-refractivity contribution in [2.24, 2.45) is 5.73 Å². The Morgan fingerprint density at radius 1 is 1.35 bits per heavy atom. The molecule has 1 rings (SSSR count). The lowest BCUT2D eigenvalue weighted by atomic mass is 10.0. The first-order valence-electron chi connectivity index (χ1n) is 5.31. The lowest BCUT2D eigenvalue weighted by Gasteiger charge is -2.16. The van der Waals surface area contributed by atoms with E-state index in [1.807, 2.05) is 0 Å². The molecule has 4 N–H and O–H groups in total. The highest BCUT2D eigenvalue weighted by molar-refractivity contribution is 5.93. The van der Waals surface area contributed by atoms with Gasteiger partial charge in [0.15, 0.2) is 6.10 Å². The molecule has 1 aromatic carbocycles. The molecule has 9 nitrogen and oxygen atoms in total. The van der Waals surface area contributed by atoms with Gasteiger partial charge < -0.3 is 20.7 Å². The predicted molar refractivity (Wildman–Crippen MR) is 64.6 cm³/mol. The molecule has 0 aromatic heterocycles. The van der Waals surface area contributed by atoms with Crippen molar-refractivity contribution in [3.8, 4) is 0 Å². The fraction of sp³-hybridized carbons (Fsp3) is 0.273. The van der Waals surface area contributed by atoms with Crippen LogP contribution in [0.3, 0.4) is 0 Å². The number of esters is 1. The van der Waals surface area contributed by atoms with Crippen LogP contribution in [0.15, 0.2) is 18.2 Å². The van der Waals surface area contributed by atoms with Crippen LogP contribution < -0.4 is 5.73 Å². The van der Waals surface area contributed by atoms with E-state index >= 15 is 0 Å². The Bertz CT molecular complexity index is 525. The van der Waals surface area contributed by atoms with E-state index in [9.17, 15) is 29.9 Å². The second-order valence-electron chi connectivity index (χ2n) is 3.85. The normalized spacial score (nSPS) is 13.3. The summed E-state index contributed by atoms with van der Waals surface area (Å²) in [4.78, 5) is 32.1. The molecule has 2 atom stereocenters. The average molecular weight is 284 g/mol. The van der Waals surface area contributed by atoms with Crippen molar-refractivity contribution in [3.05, 3.63) is 39.4 Å². The Balaban J connectivity index is 3.26.